The predicted molar refractivity (Wildman–Crippen MR) is 119 cm³/mol. The molecule has 0 amide bonds. The third-order valence-electron chi connectivity index (χ3n) is 6.00. The van der Waals surface area contributed by atoms with E-state index < -0.39 is 0 Å². The molecule has 0 saturated carbocycles. The zero-order valence-corrected chi connectivity index (χ0v) is 18.1. The van der Waals surface area contributed by atoms with Crippen LogP contribution in [0.25, 0.3) is 0 Å². The number of allylic oxidation sites excluding steroid dienone is 2. The Kier molecular flexibility index (Phi) is 4.65. The quantitative estimate of drug-likeness (QED) is 0.663. The standard InChI is InChI=1S/C25H26N4O2/c1-16-8-10-17(11-9-16)14-31-21-7-5-4-6-18(21)23-22-19(12-25(2,3)13-20(22)30)28-24-26-15-27-29(23)24/h4-11,15,23H,12-14H2,1-3H3,(H,26,27,28). The first-order chi connectivity index (χ1) is 14.9. The van der Waals surface area contributed by atoms with Gasteiger partial charge in [0, 0.05) is 23.3 Å². The van der Waals surface area contributed by atoms with Crippen molar-refractivity contribution in [3.63, 3.8) is 0 Å². The van der Waals surface area contributed by atoms with E-state index in [1.807, 2.05) is 24.3 Å². The normalized spacial score (nSPS) is 19.5. The molecule has 0 fully saturated rings. The molecular weight excluding hydrogens is 388 g/mol. The van der Waals surface area contributed by atoms with E-state index in [-0.39, 0.29) is 17.2 Å². The van der Waals surface area contributed by atoms with Crippen LogP contribution in [0, 0.1) is 12.3 Å². The topological polar surface area (TPSA) is 69.0 Å². The number of Topliss-reactive ketones (excluding diaryl/α,β-unsaturated/α-hetero) is 1. The number of ketones is 1. The molecule has 0 spiro atoms. The van der Waals surface area contributed by atoms with Crippen LogP contribution in [-0.4, -0.2) is 20.5 Å². The van der Waals surface area contributed by atoms with Crippen molar-refractivity contribution in [3.8, 4) is 5.75 Å². The molecule has 0 saturated heterocycles. The Morgan fingerprint density at radius 1 is 1.13 bits per heavy atom. The number of rotatable bonds is 4. The highest BCUT2D eigenvalue weighted by atomic mass is 16.5. The molecule has 0 bridgehead atoms. The smallest absolute Gasteiger partial charge is 0.226 e. The maximum atomic E-state index is 13.3. The van der Waals surface area contributed by atoms with Crippen LogP contribution in [0.15, 0.2) is 66.1 Å². The number of anilines is 1. The molecule has 6 nitrogen and oxygen atoms in total. The zero-order valence-electron chi connectivity index (χ0n) is 18.1. The van der Waals surface area contributed by atoms with Crippen LogP contribution in [0.3, 0.4) is 0 Å². The Hall–Kier alpha value is -3.41. The molecule has 1 aromatic heterocycles. The second-order valence-corrected chi connectivity index (χ2v) is 9.20. The number of nitrogens with zero attached hydrogens (tertiary/aromatic N) is 3. The highest BCUT2D eigenvalue weighted by Gasteiger charge is 2.42. The van der Waals surface area contributed by atoms with Gasteiger partial charge in [0.2, 0.25) is 5.95 Å². The van der Waals surface area contributed by atoms with Gasteiger partial charge in [0.25, 0.3) is 0 Å². The van der Waals surface area contributed by atoms with E-state index in [1.54, 1.807) is 4.68 Å². The Balaban J connectivity index is 1.55. The summed E-state index contributed by atoms with van der Waals surface area (Å²) in [6, 6.07) is 15.9. The number of fused-ring (bicyclic) bond motifs is 1. The molecule has 1 atom stereocenters. The number of carbonyl (C=O) groups excluding carboxylic acids is 1. The van der Waals surface area contributed by atoms with E-state index in [9.17, 15) is 4.79 Å². The molecule has 1 aliphatic carbocycles. The van der Waals surface area contributed by atoms with Gasteiger partial charge in [-0.15, -0.1) is 0 Å². The summed E-state index contributed by atoms with van der Waals surface area (Å²) in [4.78, 5) is 17.7. The highest BCUT2D eigenvalue weighted by Crippen LogP contribution is 2.46. The Bertz CT molecular complexity index is 1170. The van der Waals surface area contributed by atoms with Gasteiger partial charge in [-0.2, -0.15) is 10.1 Å². The number of hydrogen-bond acceptors (Lipinski definition) is 5. The Morgan fingerprint density at radius 3 is 2.71 bits per heavy atom. The number of benzene rings is 2. The number of para-hydroxylation sites is 1. The van der Waals surface area contributed by atoms with Crippen LogP contribution in [0.5, 0.6) is 5.75 Å². The predicted octanol–water partition coefficient (Wildman–Crippen LogP) is 4.82. The lowest BCUT2D eigenvalue weighted by atomic mass is 9.73. The van der Waals surface area contributed by atoms with E-state index >= 15 is 0 Å². The first-order valence-corrected chi connectivity index (χ1v) is 10.6. The summed E-state index contributed by atoms with van der Waals surface area (Å²) in [7, 11) is 0. The number of hydrogen-bond donors (Lipinski definition) is 1. The van der Waals surface area contributed by atoms with E-state index in [2.05, 4.69) is 60.4 Å². The number of aromatic nitrogens is 3. The fourth-order valence-corrected chi connectivity index (χ4v) is 4.52. The Labute approximate surface area is 182 Å². The van der Waals surface area contributed by atoms with Gasteiger partial charge in [-0.05, 0) is 30.4 Å². The highest BCUT2D eigenvalue weighted by molar-refractivity contribution is 6.00. The maximum absolute atomic E-state index is 13.3. The zero-order chi connectivity index (χ0) is 21.6. The van der Waals surface area contributed by atoms with Crippen LogP contribution in [0.1, 0.15) is 49.4 Å². The van der Waals surface area contributed by atoms with Crippen LogP contribution >= 0.6 is 0 Å². The summed E-state index contributed by atoms with van der Waals surface area (Å²) >= 11 is 0. The average molecular weight is 415 g/mol. The van der Waals surface area contributed by atoms with Crippen molar-refractivity contribution in [1.82, 2.24) is 14.8 Å². The minimum Gasteiger partial charge on any atom is -0.489 e. The minimum atomic E-state index is -0.355. The second kappa shape index (κ2) is 7.38. The van der Waals surface area contributed by atoms with Crippen molar-refractivity contribution in [3.05, 3.63) is 82.8 Å². The fraction of sp³-hybridized carbons (Fsp3) is 0.320. The first-order valence-electron chi connectivity index (χ1n) is 10.6. The maximum Gasteiger partial charge on any atom is 0.226 e. The molecule has 2 aliphatic rings. The number of carbonyl (C=O) groups is 1. The van der Waals surface area contributed by atoms with Crippen LogP contribution in [0.4, 0.5) is 5.95 Å². The van der Waals surface area contributed by atoms with Crippen molar-refractivity contribution in [2.75, 3.05) is 5.32 Å². The average Bonchev–Trinajstić information content (AvgIpc) is 3.19. The number of aryl methyl sites for hydroxylation is 1. The van der Waals surface area contributed by atoms with E-state index in [0.717, 1.165) is 34.6 Å². The molecule has 1 aliphatic heterocycles. The second-order valence-electron chi connectivity index (χ2n) is 9.20. The van der Waals surface area contributed by atoms with Gasteiger partial charge < -0.3 is 10.1 Å². The van der Waals surface area contributed by atoms with Crippen molar-refractivity contribution in [2.24, 2.45) is 5.41 Å². The molecule has 5 rings (SSSR count). The molecule has 2 aromatic carbocycles. The minimum absolute atomic E-state index is 0.0862. The molecular formula is C25H26N4O2. The SMILES string of the molecule is Cc1ccc(COc2ccccc2C2C3=C(CC(C)(C)CC3=O)Nc3ncnn32)cc1. The van der Waals surface area contributed by atoms with E-state index in [4.69, 9.17) is 4.74 Å². The summed E-state index contributed by atoms with van der Waals surface area (Å²) in [5.74, 6) is 1.56. The lowest BCUT2D eigenvalue weighted by Gasteiger charge is -2.38. The molecule has 6 heteroatoms. The third-order valence-corrected chi connectivity index (χ3v) is 6.00. The van der Waals surface area contributed by atoms with Gasteiger partial charge in [0.15, 0.2) is 5.78 Å². The van der Waals surface area contributed by atoms with Gasteiger partial charge in [0.1, 0.15) is 24.7 Å². The third kappa shape index (κ3) is 3.63. The molecule has 3 aromatic rings. The first kappa shape index (κ1) is 19.5. The lowest BCUT2D eigenvalue weighted by molar-refractivity contribution is -0.118. The molecule has 0 radical (unpaired) electrons. The number of ether oxygens (including phenoxy) is 1. The van der Waals surface area contributed by atoms with Crippen LogP contribution in [-0.2, 0) is 11.4 Å². The van der Waals surface area contributed by atoms with Gasteiger partial charge >= 0.3 is 0 Å². The Morgan fingerprint density at radius 2 is 1.90 bits per heavy atom. The van der Waals surface area contributed by atoms with E-state index in [1.165, 1.54) is 11.9 Å². The van der Waals surface area contributed by atoms with Gasteiger partial charge in [-0.1, -0.05) is 61.9 Å². The van der Waals surface area contributed by atoms with Crippen LogP contribution < -0.4 is 10.1 Å². The van der Waals surface area contributed by atoms with Crippen molar-refractivity contribution in [1.29, 1.82) is 0 Å². The lowest BCUT2D eigenvalue weighted by Crippen LogP contribution is -2.36. The summed E-state index contributed by atoms with van der Waals surface area (Å²) < 4.78 is 8.04. The van der Waals surface area contributed by atoms with Crippen molar-refractivity contribution in [2.45, 2.75) is 46.3 Å². The van der Waals surface area contributed by atoms with Gasteiger partial charge in [-0.25, -0.2) is 4.68 Å². The summed E-state index contributed by atoms with van der Waals surface area (Å²) in [6.07, 6.45) is 2.84. The number of nitrogens with one attached hydrogen (secondary N) is 1. The molecule has 2 heterocycles. The van der Waals surface area contributed by atoms with Gasteiger partial charge in [0.05, 0.1) is 0 Å². The molecule has 1 N–H and O–H groups in total. The van der Waals surface area contributed by atoms with Crippen molar-refractivity contribution >= 4 is 11.7 Å². The summed E-state index contributed by atoms with van der Waals surface area (Å²) in [5.41, 5.74) is 4.86. The summed E-state index contributed by atoms with van der Waals surface area (Å²) in [5, 5.41) is 7.80. The molecule has 31 heavy (non-hydrogen) atoms. The monoisotopic (exact) mass is 414 g/mol. The van der Waals surface area contributed by atoms with Gasteiger partial charge in [-0.3, -0.25) is 4.79 Å². The van der Waals surface area contributed by atoms with E-state index in [0.29, 0.717) is 19.0 Å². The summed E-state index contributed by atoms with van der Waals surface area (Å²) in [6.45, 7) is 6.78. The molecule has 1 unspecified atom stereocenters. The van der Waals surface area contributed by atoms with Crippen molar-refractivity contribution < 1.29 is 9.53 Å². The molecule has 158 valence electrons. The fourth-order valence-electron chi connectivity index (χ4n) is 4.52. The van der Waals surface area contributed by atoms with Crippen LogP contribution in [0.2, 0.25) is 0 Å². The largest absolute Gasteiger partial charge is 0.489 e.